The summed E-state index contributed by atoms with van der Waals surface area (Å²) in [4.78, 5) is 19.0. The number of halogens is 1. The van der Waals surface area contributed by atoms with E-state index in [1.165, 1.54) is 0 Å². The second-order valence-electron chi connectivity index (χ2n) is 5.29. The van der Waals surface area contributed by atoms with Crippen molar-refractivity contribution in [1.29, 1.82) is 0 Å². The molecular formula is C16H17ClN2O. The summed E-state index contributed by atoms with van der Waals surface area (Å²) in [6.45, 7) is 1.57. The minimum atomic E-state index is 0.0733. The van der Waals surface area contributed by atoms with Crippen LogP contribution >= 0.6 is 11.6 Å². The maximum absolute atomic E-state index is 12.7. The number of rotatable bonds is 2. The Bertz CT molecular complexity index is 623. The zero-order valence-electron chi connectivity index (χ0n) is 11.3. The van der Waals surface area contributed by atoms with Crippen LogP contribution in [0.2, 0.25) is 0 Å². The maximum Gasteiger partial charge on any atom is 0.256 e. The largest absolute Gasteiger partial charge is 0.338 e. The molecule has 2 aromatic rings. The van der Waals surface area contributed by atoms with E-state index in [0.29, 0.717) is 17.4 Å². The monoisotopic (exact) mass is 288 g/mol. The highest BCUT2D eigenvalue weighted by atomic mass is 35.5. The van der Waals surface area contributed by atoms with Gasteiger partial charge in [0.2, 0.25) is 0 Å². The number of para-hydroxylation sites is 1. The molecule has 1 aromatic heterocycles. The minimum absolute atomic E-state index is 0.0733. The molecule has 1 aliphatic heterocycles. The van der Waals surface area contributed by atoms with E-state index < -0.39 is 0 Å². The second kappa shape index (κ2) is 5.80. The minimum Gasteiger partial charge on any atom is -0.338 e. The lowest BCUT2D eigenvalue weighted by Gasteiger charge is -2.32. The molecular weight excluding hydrogens is 272 g/mol. The van der Waals surface area contributed by atoms with Gasteiger partial charge in [0.1, 0.15) is 0 Å². The molecule has 3 rings (SSSR count). The molecule has 3 nitrogen and oxygen atoms in total. The SMILES string of the molecule is O=C(c1cccc2cccnc12)N1CCCC(CCl)C1. The van der Waals surface area contributed by atoms with Crippen molar-refractivity contribution in [3.05, 3.63) is 42.1 Å². The lowest BCUT2D eigenvalue weighted by atomic mass is 9.99. The van der Waals surface area contributed by atoms with E-state index in [1.807, 2.05) is 35.2 Å². The van der Waals surface area contributed by atoms with Gasteiger partial charge in [0.05, 0.1) is 11.1 Å². The number of carbonyl (C=O) groups excluding carboxylic acids is 1. The van der Waals surface area contributed by atoms with Crippen LogP contribution in [-0.2, 0) is 0 Å². The molecule has 2 heterocycles. The summed E-state index contributed by atoms with van der Waals surface area (Å²) >= 11 is 5.94. The number of benzene rings is 1. The average Bonchev–Trinajstić information content (AvgIpc) is 2.53. The number of amides is 1. The molecule has 0 bridgehead atoms. The van der Waals surface area contributed by atoms with Crippen LogP contribution in [0.5, 0.6) is 0 Å². The molecule has 1 aliphatic rings. The molecule has 0 aliphatic carbocycles. The Morgan fingerprint density at radius 2 is 2.20 bits per heavy atom. The number of hydrogen-bond donors (Lipinski definition) is 0. The first-order chi connectivity index (χ1) is 9.79. The van der Waals surface area contributed by atoms with E-state index >= 15 is 0 Å². The summed E-state index contributed by atoms with van der Waals surface area (Å²) in [6, 6.07) is 9.64. The van der Waals surface area contributed by atoms with Crippen LogP contribution in [0.15, 0.2) is 36.5 Å². The van der Waals surface area contributed by atoms with E-state index in [9.17, 15) is 4.79 Å². The summed E-state index contributed by atoms with van der Waals surface area (Å²) in [6.07, 6.45) is 3.87. The van der Waals surface area contributed by atoms with Gasteiger partial charge in [-0.15, -0.1) is 11.6 Å². The highest BCUT2D eigenvalue weighted by Gasteiger charge is 2.25. The first-order valence-corrected chi connectivity index (χ1v) is 7.52. The first-order valence-electron chi connectivity index (χ1n) is 6.98. The van der Waals surface area contributed by atoms with E-state index in [0.717, 1.165) is 36.8 Å². The van der Waals surface area contributed by atoms with Crippen LogP contribution in [0.25, 0.3) is 10.9 Å². The highest BCUT2D eigenvalue weighted by Crippen LogP contribution is 2.22. The number of piperidine rings is 1. The van der Waals surface area contributed by atoms with Crippen molar-refractivity contribution in [2.75, 3.05) is 19.0 Å². The van der Waals surface area contributed by atoms with Crippen molar-refractivity contribution in [2.45, 2.75) is 12.8 Å². The van der Waals surface area contributed by atoms with Crippen molar-refractivity contribution in [2.24, 2.45) is 5.92 Å². The fourth-order valence-corrected chi connectivity index (χ4v) is 3.07. The Kier molecular flexibility index (Phi) is 3.88. The Balaban J connectivity index is 1.92. The molecule has 0 N–H and O–H groups in total. The number of hydrogen-bond acceptors (Lipinski definition) is 2. The van der Waals surface area contributed by atoms with E-state index in [4.69, 9.17) is 11.6 Å². The van der Waals surface area contributed by atoms with Crippen LogP contribution in [0, 0.1) is 5.92 Å². The summed E-state index contributed by atoms with van der Waals surface area (Å²) in [5.41, 5.74) is 1.48. The molecule has 0 saturated carbocycles. The fourth-order valence-electron chi connectivity index (χ4n) is 2.82. The van der Waals surface area contributed by atoms with Gasteiger partial charge in [-0.1, -0.05) is 18.2 Å². The van der Waals surface area contributed by atoms with Crippen molar-refractivity contribution in [3.63, 3.8) is 0 Å². The number of fused-ring (bicyclic) bond motifs is 1. The Hall–Kier alpha value is -1.61. The molecule has 104 valence electrons. The van der Waals surface area contributed by atoms with E-state index in [1.54, 1.807) is 6.20 Å². The zero-order valence-corrected chi connectivity index (χ0v) is 12.0. The van der Waals surface area contributed by atoms with E-state index in [-0.39, 0.29) is 5.91 Å². The molecule has 0 radical (unpaired) electrons. The van der Waals surface area contributed by atoms with Gasteiger partial charge >= 0.3 is 0 Å². The van der Waals surface area contributed by atoms with Gasteiger partial charge in [-0.25, -0.2) is 0 Å². The smallest absolute Gasteiger partial charge is 0.256 e. The number of pyridine rings is 1. The molecule has 1 fully saturated rings. The normalized spacial score (nSPS) is 19.2. The lowest BCUT2D eigenvalue weighted by Crippen LogP contribution is -2.40. The third-order valence-corrected chi connectivity index (χ3v) is 4.32. The third-order valence-electron chi connectivity index (χ3n) is 3.89. The summed E-state index contributed by atoms with van der Waals surface area (Å²) < 4.78 is 0. The predicted octanol–water partition coefficient (Wildman–Crippen LogP) is 3.33. The number of nitrogens with zero attached hydrogens (tertiary/aromatic N) is 2. The zero-order chi connectivity index (χ0) is 13.9. The summed E-state index contributed by atoms with van der Waals surface area (Å²) in [7, 11) is 0. The number of aromatic nitrogens is 1. The van der Waals surface area contributed by atoms with Gasteiger partial charge in [-0.2, -0.15) is 0 Å². The summed E-state index contributed by atoms with van der Waals surface area (Å²) in [5, 5.41) is 1.00. The van der Waals surface area contributed by atoms with Crippen LogP contribution < -0.4 is 0 Å². The summed E-state index contributed by atoms with van der Waals surface area (Å²) in [5.74, 6) is 1.11. The van der Waals surface area contributed by atoms with Gasteiger partial charge in [0, 0.05) is 30.6 Å². The molecule has 1 atom stereocenters. The molecule has 4 heteroatoms. The third kappa shape index (κ3) is 2.50. The molecule has 0 spiro atoms. The Morgan fingerprint density at radius 3 is 3.05 bits per heavy atom. The van der Waals surface area contributed by atoms with Crippen molar-refractivity contribution in [3.8, 4) is 0 Å². The maximum atomic E-state index is 12.7. The Morgan fingerprint density at radius 1 is 1.35 bits per heavy atom. The fraction of sp³-hybridized carbons (Fsp3) is 0.375. The highest BCUT2D eigenvalue weighted by molar-refractivity contribution is 6.18. The predicted molar refractivity (Wildman–Crippen MR) is 81.1 cm³/mol. The quantitative estimate of drug-likeness (QED) is 0.794. The first kappa shape index (κ1) is 13.4. The molecule has 1 aromatic carbocycles. The van der Waals surface area contributed by atoms with Crippen molar-refractivity contribution >= 4 is 28.4 Å². The topological polar surface area (TPSA) is 33.2 Å². The number of alkyl halides is 1. The molecule has 1 saturated heterocycles. The lowest BCUT2D eigenvalue weighted by molar-refractivity contribution is 0.0686. The van der Waals surface area contributed by atoms with Crippen LogP contribution in [0.4, 0.5) is 0 Å². The van der Waals surface area contributed by atoms with Gasteiger partial charge in [0.15, 0.2) is 0 Å². The van der Waals surface area contributed by atoms with Crippen LogP contribution in [-0.4, -0.2) is 34.8 Å². The van der Waals surface area contributed by atoms with Crippen LogP contribution in [0.3, 0.4) is 0 Å². The number of carbonyl (C=O) groups is 1. The van der Waals surface area contributed by atoms with Crippen molar-refractivity contribution < 1.29 is 4.79 Å². The van der Waals surface area contributed by atoms with E-state index in [2.05, 4.69) is 4.98 Å². The standard InChI is InChI=1S/C16H17ClN2O/c17-10-12-4-3-9-19(11-12)16(20)14-7-1-5-13-6-2-8-18-15(13)14/h1-2,5-8,12H,3-4,9-11H2. The number of likely N-dealkylation sites (tertiary alicyclic amines) is 1. The Labute approximate surface area is 123 Å². The van der Waals surface area contributed by atoms with Crippen molar-refractivity contribution in [1.82, 2.24) is 9.88 Å². The molecule has 1 unspecified atom stereocenters. The molecule has 20 heavy (non-hydrogen) atoms. The second-order valence-corrected chi connectivity index (χ2v) is 5.60. The van der Waals surface area contributed by atoms with Gasteiger partial charge < -0.3 is 4.90 Å². The van der Waals surface area contributed by atoms with Crippen LogP contribution in [0.1, 0.15) is 23.2 Å². The van der Waals surface area contributed by atoms with Gasteiger partial charge in [-0.05, 0) is 30.9 Å². The van der Waals surface area contributed by atoms with Gasteiger partial charge in [-0.3, -0.25) is 9.78 Å². The van der Waals surface area contributed by atoms with Gasteiger partial charge in [0.25, 0.3) is 5.91 Å². The average molecular weight is 289 g/mol. The molecule has 1 amide bonds.